The largest absolute Gasteiger partial charge is 0.486 e. The van der Waals surface area contributed by atoms with E-state index in [0.29, 0.717) is 43.4 Å². The third-order valence-corrected chi connectivity index (χ3v) is 5.31. The molecule has 2 aromatic carbocycles. The van der Waals surface area contributed by atoms with E-state index in [4.69, 9.17) is 9.47 Å². The normalized spacial score (nSPS) is 13.6. The zero-order chi connectivity index (χ0) is 21.7. The Hall–Kier alpha value is -3.02. The van der Waals surface area contributed by atoms with Gasteiger partial charge in [0.2, 0.25) is 5.91 Å². The second-order valence-corrected chi connectivity index (χ2v) is 7.80. The number of fused-ring (bicyclic) bond motifs is 1. The molecule has 2 aromatic rings. The molecule has 1 N–H and O–H groups in total. The van der Waals surface area contributed by atoms with E-state index in [1.165, 1.54) is 0 Å². The van der Waals surface area contributed by atoms with Crippen LogP contribution < -0.4 is 14.8 Å². The van der Waals surface area contributed by atoms with Crippen LogP contribution >= 0.6 is 0 Å². The molecule has 3 rings (SSSR count). The molecule has 6 nitrogen and oxygen atoms in total. The first-order chi connectivity index (χ1) is 14.4. The van der Waals surface area contributed by atoms with Gasteiger partial charge in [0.15, 0.2) is 11.5 Å². The van der Waals surface area contributed by atoms with Gasteiger partial charge in [-0.05, 0) is 37.5 Å². The molecule has 1 aliphatic heterocycles. The van der Waals surface area contributed by atoms with E-state index in [1.807, 2.05) is 64.1 Å². The Bertz CT molecular complexity index is 910. The third-order valence-electron chi connectivity index (χ3n) is 5.31. The molecule has 0 bridgehead atoms. The van der Waals surface area contributed by atoms with Crippen LogP contribution in [-0.2, 0) is 11.3 Å². The fourth-order valence-electron chi connectivity index (χ4n) is 3.57. The van der Waals surface area contributed by atoms with Crippen molar-refractivity contribution in [2.75, 3.05) is 19.8 Å². The van der Waals surface area contributed by atoms with Crippen molar-refractivity contribution in [3.63, 3.8) is 0 Å². The number of nitrogens with one attached hydrogen (secondary N) is 1. The number of aryl methyl sites for hydroxylation is 1. The maximum Gasteiger partial charge on any atom is 0.252 e. The number of benzene rings is 2. The third kappa shape index (κ3) is 4.75. The van der Waals surface area contributed by atoms with Gasteiger partial charge in [-0.25, -0.2) is 0 Å². The van der Waals surface area contributed by atoms with Crippen LogP contribution in [0, 0.1) is 12.8 Å². The maximum absolute atomic E-state index is 13.4. The van der Waals surface area contributed by atoms with Crippen LogP contribution in [0.4, 0.5) is 0 Å². The van der Waals surface area contributed by atoms with Gasteiger partial charge in [0.05, 0.1) is 0 Å². The number of carbonyl (C=O) groups excluding carboxylic acids is 2. The fourth-order valence-corrected chi connectivity index (χ4v) is 3.57. The lowest BCUT2D eigenvalue weighted by atomic mass is 10.0. The van der Waals surface area contributed by atoms with Crippen molar-refractivity contribution in [3.8, 4) is 11.5 Å². The van der Waals surface area contributed by atoms with Crippen molar-refractivity contribution in [2.24, 2.45) is 5.92 Å². The Morgan fingerprint density at radius 3 is 2.50 bits per heavy atom. The predicted octanol–water partition coefficient (Wildman–Crippen LogP) is 3.57. The number of carbonyl (C=O) groups is 2. The van der Waals surface area contributed by atoms with Gasteiger partial charge >= 0.3 is 0 Å². The minimum Gasteiger partial charge on any atom is -0.486 e. The van der Waals surface area contributed by atoms with Crippen molar-refractivity contribution in [1.29, 1.82) is 0 Å². The molecule has 0 spiro atoms. The quantitative estimate of drug-likeness (QED) is 0.758. The smallest absolute Gasteiger partial charge is 0.252 e. The summed E-state index contributed by atoms with van der Waals surface area (Å²) in [7, 11) is 0. The number of hydrogen-bond acceptors (Lipinski definition) is 4. The second-order valence-electron chi connectivity index (χ2n) is 7.80. The number of likely N-dealkylation sites (N-methyl/N-ethyl adjacent to an activating group) is 1. The highest BCUT2D eigenvalue weighted by molar-refractivity contribution is 5.98. The van der Waals surface area contributed by atoms with Crippen molar-refractivity contribution in [2.45, 2.75) is 40.3 Å². The average molecular weight is 411 g/mol. The van der Waals surface area contributed by atoms with Gasteiger partial charge < -0.3 is 19.7 Å². The molecule has 0 radical (unpaired) electrons. The molecule has 6 heteroatoms. The molecule has 1 heterocycles. The number of hydrogen-bond donors (Lipinski definition) is 1. The maximum atomic E-state index is 13.4. The summed E-state index contributed by atoms with van der Waals surface area (Å²) in [6.45, 7) is 9.63. The minimum absolute atomic E-state index is 0.0520. The average Bonchev–Trinajstić information content (AvgIpc) is 2.75. The second kappa shape index (κ2) is 9.65. The highest BCUT2D eigenvalue weighted by Gasteiger charge is 2.29. The minimum atomic E-state index is -0.617. The molecule has 30 heavy (non-hydrogen) atoms. The molecule has 0 aliphatic carbocycles. The van der Waals surface area contributed by atoms with E-state index >= 15 is 0 Å². The molecule has 1 aliphatic rings. The van der Waals surface area contributed by atoms with Crippen molar-refractivity contribution < 1.29 is 19.1 Å². The van der Waals surface area contributed by atoms with Gasteiger partial charge in [0.25, 0.3) is 5.91 Å². The Kier molecular flexibility index (Phi) is 6.98. The monoisotopic (exact) mass is 410 g/mol. The van der Waals surface area contributed by atoms with Crippen LogP contribution in [0.3, 0.4) is 0 Å². The van der Waals surface area contributed by atoms with E-state index in [1.54, 1.807) is 11.0 Å². The molecular formula is C24H30N2O4. The first-order valence-corrected chi connectivity index (χ1v) is 10.4. The van der Waals surface area contributed by atoms with Gasteiger partial charge in [0, 0.05) is 24.2 Å². The van der Waals surface area contributed by atoms with Gasteiger partial charge in [-0.15, -0.1) is 0 Å². The van der Waals surface area contributed by atoms with Gasteiger partial charge in [0.1, 0.15) is 19.3 Å². The summed E-state index contributed by atoms with van der Waals surface area (Å²) < 4.78 is 11.4. The van der Waals surface area contributed by atoms with E-state index < -0.39 is 6.04 Å². The molecular weight excluding hydrogens is 380 g/mol. The zero-order valence-corrected chi connectivity index (χ0v) is 18.1. The lowest BCUT2D eigenvalue weighted by molar-refractivity contribution is -0.134. The van der Waals surface area contributed by atoms with Crippen molar-refractivity contribution in [3.05, 3.63) is 59.2 Å². The highest BCUT2D eigenvalue weighted by Crippen LogP contribution is 2.34. The summed E-state index contributed by atoms with van der Waals surface area (Å²) in [4.78, 5) is 28.0. The molecule has 0 aromatic heterocycles. The molecule has 2 amide bonds. The molecule has 1 unspecified atom stereocenters. The number of para-hydroxylation sites is 1. The van der Waals surface area contributed by atoms with Gasteiger partial charge in [-0.1, -0.05) is 44.2 Å². The van der Waals surface area contributed by atoms with Crippen LogP contribution in [-0.4, -0.2) is 42.5 Å². The lowest BCUT2D eigenvalue weighted by Crippen LogP contribution is -2.51. The number of rotatable bonds is 7. The van der Waals surface area contributed by atoms with Gasteiger partial charge in [-0.3, -0.25) is 9.59 Å². The van der Waals surface area contributed by atoms with E-state index in [0.717, 1.165) is 11.1 Å². The Labute approximate surface area is 178 Å². The summed E-state index contributed by atoms with van der Waals surface area (Å²) in [6.07, 6.45) is 0. The van der Waals surface area contributed by atoms with E-state index in [9.17, 15) is 9.59 Å². The zero-order valence-electron chi connectivity index (χ0n) is 18.1. The number of nitrogens with zero attached hydrogens (tertiary/aromatic N) is 1. The summed E-state index contributed by atoms with van der Waals surface area (Å²) in [5, 5.41) is 2.95. The number of ether oxygens (including phenoxy) is 2. The highest BCUT2D eigenvalue weighted by atomic mass is 16.6. The van der Waals surface area contributed by atoms with Gasteiger partial charge in [-0.2, -0.15) is 0 Å². The SMILES string of the molecule is CCN(Cc1cccc2c1OCCO2)C(=O)C(NC(=O)c1ccccc1C)C(C)C. The van der Waals surface area contributed by atoms with E-state index in [-0.39, 0.29) is 17.7 Å². The van der Waals surface area contributed by atoms with Crippen LogP contribution in [0.25, 0.3) is 0 Å². The summed E-state index contributed by atoms with van der Waals surface area (Å²) in [6, 6.07) is 12.5. The topological polar surface area (TPSA) is 67.9 Å². The Morgan fingerprint density at radius 2 is 1.80 bits per heavy atom. The molecule has 160 valence electrons. The van der Waals surface area contributed by atoms with Crippen LogP contribution in [0.1, 0.15) is 42.3 Å². The van der Waals surface area contributed by atoms with Crippen molar-refractivity contribution >= 4 is 11.8 Å². The first kappa shape index (κ1) is 21.7. The summed E-state index contributed by atoms with van der Waals surface area (Å²) in [5.74, 6) is 1.01. The summed E-state index contributed by atoms with van der Waals surface area (Å²) >= 11 is 0. The predicted molar refractivity (Wildman–Crippen MR) is 116 cm³/mol. The van der Waals surface area contributed by atoms with Crippen LogP contribution in [0.15, 0.2) is 42.5 Å². The van der Waals surface area contributed by atoms with E-state index in [2.05, 4.69) is 5.32 Å². The lowest BCUT2D eigenvalue weighted by Gasteiger charge is -2.30. The van der Waals surface area contributed by atoms with Crippen LogP contribution in [0.5, 0.6) is 11.5 Å². The fraction of sp³-hybridized carbons (Fsp3) is 0.417. The molecule has 1 atom stereocenters. The Morgan fingerprint density at radius 1 is 1.07 bits per heavy atom. The summed E-state index contributed by atoms with van der Waals surface area (Å²) in [5.41, 5.74) is 2.36. The first-order valence-electron chi connectivity index (χ1n) is 10.4. The molecule has 0 saturated heterocycles. The molecule has 0 fully saturated rings. The standard InChI is InChI=1S/C24H30N2O4/c1-5-26(15-18-10-8-12-20-22(18)30-14-13-29-20)24(28)21(16(2)3)25-23(27)19-11-7-6-9-17(19)4/h6-12,16,21H,5,13-15H2,1-4H3,(H,25,27). The Balaban J connectivity index is 1.78. The van der Waals surface area contributed by atoms with Crippen LogP contribution in [0.2, 0.25) is 0 Å². The number of amides is 2. The van der Waals surface area contributed by atoms with Crippen molar-refractivity contribution in [1.82, 2.24) is 10.2 Å². The molecule has 0 saturated carbocycles.